The molecule has 1 atom stereocenters. The van der Waals surface area contributed by atoms with Gasteiger partial charge in [0.05, 0.1) is 17.6 Å². The third-order valence-corrected chi connectivity index (χ3v) is 6.25. The summed E-state index contributed by atoms with van der Waals surface area (Å²) in [5, 5.41) is 1.04. The van der Waals surface area contributed by atoms with Crippen LogP contribution in [0.5, 0.6) is 11.5 Å². The number of hydrogen-bond acceptors (Lipinski definition) is 6. The maximum Gasteiger partial charge on any atom is 0.326 e. The number of pyridine rings is 1. The van der Waals surface area contributed by atoms with E-state index in [0.29, 0.717) is 53.0 Å². The predicted octanol–water partition coefficient (Wildman–Crippen LogP) is 3.39. The highest BCUT2D eigenvalue weighted by Gasteiger charge is 2.25. The number of aromatic nitrogens is 1. The van der Waals surface area contributed by atoms with Crippen LogP contribution in [0.1, 0.15) is 6.92 Å². The zero-order valence-electron chi connectivity index (χ0n) is 19.9. The Morgan fingerprint density at radius 1 is 0.944 bits per heavy atom. The molecule has 184 valence electrons. The summed E-state index contributed by atoms with van der Waals surface area (Å²) in [6, 6.07) is 21.7. The smallest absolute Gasteiger partial charge is 0.326 e. The Labute approximate surface area is 207 Å². The highest BCUT2D eigenvalue weighted by molar-refractivity contribution is 5.94. The van der Waals surface area contributed by atoms with Crippen molar-refractivity contribution in [3.8, 4) is 11.5 Å². The molecule has 3 aromatic carbocycles. The third-order valence-electron chi connectivity index (χ3n) is 6.25. The van der Waals surface area contributed by atoms with Crippen molar-refractivity contribution in [1.29, 1.82) is 0 Å². The number of nitrogens with zero attached hydrogens (tertiary/aromatic N) is 2. The van der Waals surface area contributed by atoms with Gasteiger partial charge in [0, 0.05) is 17.3 Å². The molecule has 1 unspecified atom stereocenters. The molecule has 0 radical (unpaired) electrons. The number of para-hydroxylation sites is 4. The van der Waals surface area contributed by atoms with Gasteiger partial charge in [-0.1, -0.05) is 36.4 Å². The number of benzene rings is 3. The van der Waals surface area contributed by atoms with E-state index in [4.69, 9.17) is 14.2 Å². The zero-order chi connectivity index (χ0) is 25.1. The molecule has 0 spiro atoms. The first-order chi connectivity index (χ1) is 17.5. The number of rotatable bonds is 7. The van der Waals surface area contributed by atoms with E-state index in [0.717, 1.165) is 0 Å². The van der Waals surface area contributed by atoms with Crippen LogP contribution in [-0.2, 0) is 20.9 Å². The lowest BCUT2D eigenvalue weighted by molar-refractivity contribution is -0.152. The van der Waals surface area contributed by atoms with E-state index in [1.165, 1.54) is 0 Å². The molecule has 0 N–H and O–H groups in total. The molecule has 0 saturated carbocycles. The van der Waals surface area contributed by atoms with Crippen LogP contribution in [0.15, 0.2) is 77.6 Å². The van der Waals surface area contributed by atoms with E-state index in [9.17, 15) is 14.4 Å². The van der Waals surface area contributed by atoms with Crippen molar-refractivity contribution in [2.24, 2.45) is 0 Å². The van der Waals surface area contributed by atoms with Crippen LogP contribution in [0.4, 0.5) is 0 Å². The Morgan fingerprint density at radius 3 is 2.22 bits per heavy atom. The van der Waals surface area contributed by atoms with E-state index in [-0.39, 0.29) is 30.6 Å². The minimum absolute atomic E-state index is 0.0869. The molecular formula is C28H26N2O6. The van der Waals surface area contributed by atoms with Gasteiger partial charge in [-0.15, -0.1) is 0 Å². The summed E-state index contributed by atoms with van der Waals surface area (Å²) in [6.07, 6.45) is -0.321. The maximum atomic E-state index is 12.9. The molecule has 36 heavy (non-hydrogen) atoms. The van der Waals surface area contributed by atoms with Crippen LogP contribution in [0, 0.1) is 0 Å². The van der Waals surface area contributed by atoms with Crippen molar-refractivity contribution >= 4 is 33.7 Å². The molecule has 1 aliphatic heterocycles. The molecule has 4 aromatic rings. The van der Waals surface area contributed by atoms with Crippen molar-refractivity contribution in [3.05, 3.63) is 83.0 Å². The standard InChI is InChI=1S/C28H26N2O6/c1-2-29(15-19-17-34-24-13-7-8-14-25(24)36-19)26(31)18-35-27(32)16-30-22-11-5-3-9-20(22)28(33)21-10-4-6-12-23(21)30/h3-14,19H,2,15-18H2,1H3. The van der Waals surface area contributed by atoms with Crippen molar-refractivity contribution in [3.63, 3.8) is 0 Å². The van der Waals surface area contributed by atoms with Crippen LogP contribution in [-0.4, -0.2) is 53.8 Å². The minimum Gasteiger partial charge on any atom is -0.486 e. The van der Waals surface area contributed by atoms with Gasteiger partial charge in [0.1, 0.15) is 13.2 Å². The number of esters is 1. The lowest BCUT2D eigenvalue weighted by Gasteiger charge is -2.30. The Hall–Kier alpha value is -4.33. The molecule has 8 nitrogen and oxygen atoms in total. The fourth-order valence-electron chi connectivity index (χ4n) is 4.46. The second-order valence-corrected chi connectivity index (χ2v) is 8.54. The monoisotopic (exact) mass is 486 g/mol. The van der Waals surface area contributed by atoms with Crippen molar-refractivity contribution in [2.75, 3.05) is 26.3 Å². The van der Waals surface area contributed by atoms with Crippen LogP contribution < -0.4 is 14.9 Å². The number of amides is 1. The van der Waals surface area contributed by atoms with Crippen LogP contribution in [0.2, 0.25) is 0 Å². The van der Waals surface area contributed by atoms with Gasteiger partial charge in [-0.05, 0) is 43.3 Å². The third kappa shape index (κ3) is 4.62. The van der Waals surface area contributed by atoms with E-state index in [1.54, 1.807) is 45.9 Å². The quantitative estimate of drug-likeness (QED) is 0.294. The predicted molar refractivity (Wildman–Crippen MR) is 135 cm³/mol. The first kappa shape index (κ1) is 23.4. The number of carbonyl (C=O) groups excluding carboxylic acids is 2. The number of fused-ring (bicyclic) bond motifs is 3. The second-order valence-electron chi connectivity index (χ2n) is 8.54. The number of likely N-dealkylation sites (N-methyl/N-ethyl adjacent to an activating group) is 1. The summed E-state index contributed by atoms with van der Waals surface area (Å²) in [6.45, 7) is 2.43. The van der Waals surface area contributed by atoms with Gasteiger partial charge in [0.2, 0.25) is 0 Å². The molecule has 0 bridgehead atoms. The lowest BCUT2D eigenvalue weighted by Crippen LogP contribution is -2.45. The molecule has 1 aliphatic rings. The molecule has 8 heteroatoms. The molecule has 5 rings (SSSR count). The molecule has 1 amide bonds. The van der Waals surface area contributed by atoms with Crippen molar-refractivity contribution < 1.29 is 23.8 Å². The molecule has 0 saturated heterocycles. The highest BCUT2D eigenvalue weighted by atomic mass is 16.6. The number of hydrogen-bond donors (Lipinski definition) is 0. The molecule has 2 heterocycles. The first-order valence-corrected chi connectivity index (χ1v) is 11.9. The van der Waals surface area contributed by atoms with E-state index in [2.05, 4.69) is 0 Å². The molecule has 0 fully saturated rings. The van der Waals surface area contributed by atoms with Crippen molar-refractivity contribution in [1.82, 2.24) is 9.47 Å². The Morgan fingerprint density at radius 2 is 1.56 bits per heavy atom. The van der Waals surface area contributed by atoms with Gasteiger partial charge in [-0.25, -0.2) is 0 Å². The molecule has 1 aromatic heterocycles. The SMILES string of the molecule is CCN(CC1COc2ccccc2O1)C(=O)COC(=O)Cn1c2ccccc2c(=O)c2ccccc21. The number of ether oxygens (including phenoxy) is 3. The van der Waals surface area contributed by atoms with Crippen LogP contribution in [0.3, 0.4) is 0 Å². The normalized spacial score (nSPS) is 14.5. The molecular weight excluding hydrogens is 460 g/mol. The summed E-state index contributed by atoms with van der Waals surface area (Å²) < 4.78 is 18.8. The van der Waals surface area contributed by atoms with E-state index >= 15 is 0 Å². The zero-order valence-corrected chi connectivity index (χ0v) is 19.9. The van der Waals surface area contributed by atoms with Gasteiger partial charge >= 0.3 is 5.97 Å². The average Bonchev–Trinajstić information content (AvgIpc) is 2.92. The van der Waals surface area contributed by atoms with Gasteiger partial charge in [-0.3, -0.25) is 14.4 Å². The minimum atomic E-state index is -0.565. The van der Waals surface area contributed by atoms with E-state index in [1.807, 2.05) is 43.3 Å². The summed E-state index contributed by atoms with van der Waals surface area (Å²) >= 11 is 0. The largest absolute Gasteiger partial charge is 0.486 e. The average molecular weight is 487 g/mol. The Balaban J connectivity index is 1.25. The first-order valence-electron chi connectivity index (χ1n) is 11.9. The Kier molecular flexibility index (Phi) is 6.58. The van der Waals surface area contributed by atoms with Crippen LogP contribution in [0.25, 0.3) is 21.8 Å². The van der Waals surface area contributed by atoms with Crippen molar-refractivity contribution in [2.45, 2.75) is 19.6 Å². The van der Waals surface area contributed by atoms with Crippen LogP contribution >= 0.6 is 0 Å². The van der Waals surface area contributed by atoms with Gasteiger partial charge in [-0.2, -0.15) is 0 Å². The fourth-order valence-corrected chi connectivity index (χ4v) is 4.46. The topological polar surface area (TPSA) is 87.1 Å². The Bertz CT molecular complexity index is 1430. The van der Waals surface area contributed by atoms with Gasteiger partial charge < -0.3 is 23.7 Å². The van der Waals surface area contributed by atoms with Gasteiger partial charge in [0.25, 0.3) is 5.91 Å². The lowest BCUT2D eigenvalue weighted by atomic mass is 10.1. The second kappa shape index (κ2) is 10.1. The fraction of sp³-hybridized carbons (Fsp3) is 0.250. The maximum absolute atomic E-state index is 12.9. The van der Waals surface area contributed by atoms with Gasteiger partial charge in [0.15, 0.2) is 29.6 Å². The summed E-state index contributed by atoms with van der Waals surface area (Å²) in [7, 11) is 0. The highest BCUT2D eigenvalue weighted by Crippen LogP contribution is 2.31. The summed E-state index contributed by atoms with van der Waals surface area (Å²) in [5.74, 6) is 0.441. The number of carbonyl (C=O) groups is 2. The molecule has 0 aliphatic carbocycles. The van der Waals surface area contributed by atoms with E-state index < -0.39 is 5.97 Å². The summed E-state index contributed by atoms with van der Waals surface area (Å²) in [4.78, 5) is 40.1. The summed E-state index contributed by atoms with van der Waals surface area (Å²) in [5.41, 5.74) is 1.18.